The molecule has 0 saturated heterocycles. The zero-order valence-corrected chi connectivity index (χ0v) is 17.8. The van der Waals surface area contributed by atoms with Crippen molar-refractivity contribution in [2.75, 3.05) is 19.0 Å². The minimum atomic E-state index is -4.98. The second-order valence-electron chi connectivity index (χ2n) is 6.75. The molecule has 1 unspecified atom stereocenters. The van der Waals surface area contributed by atoms with E-state index in [0.29, 0.717) is 13.0 Å². The molecule has 2 rings (SSSR count). The molecule has 0 saturated carbocycles. The van der Waals surface area contributed by atoms with E-state index in [0.717, 1.165) is 30.0 Å². The summed E-state index contributed by atoms with van der Waals surface area (Å²) in [4.78, 5) is 11.8. The van der Waals surface area contributed by atoms with Crippen LogP contribution in [0.15, 0.2) is 29.3 Å². The highest BCUT2D eigenvalue weighted by Crippen LogP contribution is 2.32. The first kappa shape index (κ1) is 25.0. The minimum absolute atomic E-state index is 0.220. The van der Waals surface area contributed by atoms with Gasteiger partial charge in [0, 0.05) is 32.1 Å². The lowest BCUT2D eigenvalue weighted by Crippen LogP contribution is -2.59. The molecule has 0 radical (unpaired) electrons. The Morgan fingerprint density at radius 2 is 1.84 bits per heavy atom. The van der Waals surface area contributed by atoms with Gasteiger partial charge in [-0.3, -0.25) is 4.79 Å². The van der Waals surface area contributed by atoms with Gasteiger partial charge in [-0.25, -0.2) is 17.2 Å². The van der Waals surface area contributed by atoms with Gasteiger partial charge in [0.25, 0.3) is 5.91 Å². The topological polar surface area (TPSA) is 89.4 Å². The fourth-order valence-corrected chi connectivity index (χ4v) is 4.20. The van der Waals surface area contributed by atoms with Gasteiger partial charge in [0.15, 0.2) is 11.6 Å². The van der Waals surface area contributed by atoms with Crippen molar-refractivity contribution in [1.82, 2.24) is 9.29 Å². The third kappa shape index (κ3) is 5.34. The predicted molar refractivity (Wildman–Crippen MR) is 101 cm³/mol. The number of alkyl halides is 3. The number of carbonyl (C=O) groups excluding carboxylic acids is 1. The fourth-order valence-electron chi connectivity index (χ4n) is 2.54. The number of aromatic nitrogens is 1. The number of benzene rings is 1. The number of ether oxygens (including phenoxy) is 1. The molecular weight excluding hydrogens is 473 g/mol. The first-order chi connectivity index (χ1) is 14.1. The zero-order chi connectivity index (χ0) is 23.8. The number of hydrogen-bond donors (Lipinski definition) is 2. The van der Waals surface area contributed by atoms with Crippen molar-refractivity contribution in [3.05, 3.63) is 46.7 Å². The third-order valence-corrected chi connectivity index (χ3v) is 6.02. The normalized spacial score (nSPS) is 14.4. The second kappa shape index (κ2) is 8.73. The summed E-state index contributed by atoms with van der Waals surface area (Å²) in [5, 5.41) is 1.60. The first-order valence-electron chi connectivity index (χ1n) is 8.33. The Kier molecular flexibility index (Phi) is 7.05. The van der Waals surface area contributed by atoms with E-state index < -0.39 is 55.8 Å². The number of anilines is 1. The summed E-state index contributed by atoms with van der Waals surface area (Å²) < 4.78 is 98.8. The van der Waals surface area contributed by atoms with Crippen molar-refractivity contribution in [3.63, 3.8) is 0 Å². The second-order valence-corrected chi connectivity index (χ2v) is 8.84. The lowest BCUT2D eigenvalue weighted by molar-refractivity contribution is -0.197. The maximum atomic E-state index is 13.4. The summed E-state index contributed by atoms with van der Waals surface area (Å²) >= 11 is 5.51. The molecular formula is C17H17ClF5N3O4S. The minimum Gasteiger partial charge on any atom is -0.382 e. The van der Waals surface area contributed by atoms with Crippen LogP contribution in [0.4, 0.5) is 27.6 Å². The van der Waals surface area contributed by atoms with Gasteiger partial charge in [-0.15, -0.1) is 0 Å². The zero-order valence-electron chi connectivity index (χ0n) is 16.3. The summed E-state index contributed by atoms with van der Waals surface area (Å²) in [5.74, 6) is -3.59. The Labute approximate surface area is 179 Å². The van der Waals surface area contributed by atoms with Crippen molar-refractivity contribution in [2.24, 2.45) is 7.05 Å². The standard InChI is InChI=1S/C17H17ClF5N3O4S/c1-16(8-30-3,17(21,22)23)25-31(28,29)10-6-13(26(2)7-10)15(27)24-9-4-11(18)14(20)12(19)5-9/h4-7,25H,8H2,1-3H3,(H,24,27). The van der Waals surface area contributed by atoms with Crippen LogP contribution in [-0.4, -0.2) is 44.3 Å². The Hall–Kier alpha value is -2.22. The van der Waals surface area contributed by atoms with E-state index in [4.69, 9.17) is 11.6 Å². The number of nitrogens with one attached hydrogen (secondary N) is 2. The number of amides is 1. The number of hydrogen-bond acceptors (Lipinski definition) is 4. The number of halogens is 6. The highest BCUT2D eigenvalue weighted by molar-refractivity contribution is 7.89. The van der Waals surface area contributed by atoms with Crippen LogP contribution in [0.3, 0.4) is 0 Å². The van der Waals surface area contributed by atoms with Crippen molar-refractivity contribution in [1.29, 1.82) is 0 Å². The lowest BCUT2D eigenvalue weighted by Gasteiger charge is -2.31. The largest absolute Gasteiger partial charge is 0.409 e. The maximum Gasteiger partial charge on any atom is 0.409 e. The van der Waals surface area contributed by atoms with Gasteiger partial charge in [-0.05, 0) is 19.1 Å². The highest BCUT2D eigenvalue weighted by Gasteiger charge is 2.53. The van der Waals surface area contributed by atoms with Crippen molar-refractivity contribution >= 4 is 33.2 Å². The van der Waals surface area contributed by atoms with Crippen LogP contribution in [0, 0.1) is 11.6 Å². The third-order valence-electron chi connectivity index (χ3n) is 4.18. The number of aryl methyl sites for hydroxylation is 1. The molecule has 7 nitrogen and oxygen atoms in total. The summed E-state index contributed by atoms with van der Waals surface area (Å²) in [6, 6.07) is 2.41. The number of carbonyl (C=O) groups is 1. The molecule has 0 fully saturated rings. The van der Waals surface area contributed by atoms with E-state index in [2.05, 4.69) is 10.1 Å². The van der Waals surface area contributed by atoms with Gasteiger partial charge in [0.05, 0.1) is 11.6 Å². The van der Waals surface area contributed by atoms with Crippen LogP contribution < -0.4 is 10.0 Å². The number of methoxy groups -OCH3 is 1. The van der Waals surface area contributed by atoms with Gasteiger partial charge in [0.2, 0.25) is 10.0 Å². The SMILES string of the molecule is COCC(C)(NS(=O)(=O)c1cc(C(=O)Nc2cc(F)c(F)c(Cl)c2)n(C)c1)C(F)(F)F. The van der Waals surface area contributed by atoms with Gasteiger partial charge in [-0.1, -0.05) is 11.6 Å². The molecule has 0 aliphatic heterocycles. The molecule has 2 aromatic rings. The molecule has 1 heterocycles. The molecule has 31 heavy (non-hydrogen) atoms. The van der Waals surface area contributed by atoms with Crippen LogP contribution in [0.2, 0.25) is 5.02 Å². The van der Waals surface area contributed by atoms with Crippen LogP contribution >= 0.6 is 11.6 Å². The Morgan fingerprint density at radius 1 is 1.23 bits per heavy atom. The number of sulfonamides is 1. The van der Waals surface area contributed by atoms with Gasteiger partial charge in [-0.2, -0.15) is 17.9 Å². The smallest absolute Gasteiger partial charge is 0.382 e. The van der Waals surface area contributed by atoms with Crippen LogP contribution in [0.5, 0.6) is 0 Å². The molecule has 1 atom stereocenters. The Balaban J connectivity index is 2.33. The highest BCUT2D eigenvalue weighted by atomic mass is 35.5. The first-order valence-corrected chi connectivity index (χ1v) is 10.2. The van der Waals surface area contributed by atoms with Crippen molar-refractivity contribution in [3.8, 4) is 0 Å². The average Bonchev–Trinajstić information content (AvgIpc) is 3.01. The Morgan fingerprint density at radius 3 is 2.35 bits per heavy atom. The molecule has 1 aromatic heterocycles. The van der Waals surface area contributed by atoms with Crippen molar-refractivity contribution < 1.29 is 39.9 Å². The quantitative estimate of drug-likeness (QED) is 0.460. The van der Waals surface area contributed by atoms with E-state index >= 15 is 0 Å². The summed E-state index contributed by atoms with van der Waals surface area (Å²) in [6.07, 6.45) is -4.06. The van der Waals surface area contributed by atoms with Gasteiger partial charge in [0.1, 0.15) is 16.1 Å². The van der Waals surface area contributed by atoms with E-state index in [9.17, 15) is 35.2 Å². The van der Waals surface area contributed by atoms with Crippen LogP contribution in [0.1, 0.15) is 17.4 Å². The molecule has 14 heteroatoms. The molecule has 172 valence electrons. The molecule has 1 aromatic carbocycles. The van der Waals surface area contributed by atoms with Gasteiger partial charge < -0.3 is 14.6 Å². The number of rotatable bonds is 7. The monoisotopic (exact) mass is 489 g/mol. The Bertz CT molecular complexity index is 1080. The molecule has 0 spiro atoms. The van der Waals surface area contributed by atoms with Crippen LogP contribution in [-0.2, 0) is 21.8 Å². The average molecular weight is 490 g/mol. The van der Waals surface area contributed by atoms with E-state index in [1.807, 2.05) is 0 Å². The number of nitrogens with zero attached hydrogens (tertiary/aromatic N) is 1. The van der Waals surface area contributed by atoms with E-state index in [1.54, 1.807) is 4.72 Å². The molecule has 2 N–H and O–H groups in total. The summed E-state index contributed by atoms with van der Waals surface area (Å²) in [7, 11) is -2.48. The lowest BCUT2D eigenvalue weighted by atomic mass is 10.1. The van der Waals surface area contributed by atoms with E-state index in [1.165, 1.54) is 7.05 Å². The summed E-state index contributed by atoms with van der Waals surface area (Å²) in [6.45, 7) is -0.385. The molecule has 1 amide bonds. The fraction of sp³-hybridized carbons (Fsp3) is 0.353. The van der Waals surface area contributed by atoms with Gasteiger partial charge >= 0.3 is 6.18 Å². The molecule has 0 bridgehead atoms. The predicted octanol–water partition coefficient (Wildman–Crippen LogP) is 3.45. The maximum absolute atomic E-state index is 13.4. The molecule has 0 aliphatic carbocycles. The summed E-state index contributed by atoms with van der Waals surface area (Å²) in [5.41, 5.74) is -3.44. The van der Waals surface area contributed by atoms with E-state index in [-0.39, 0.29) is 11.4 Å². The van der Waals surface area contributed by atoms with Crippen LogP contribution in [0.25, 0.3) is 0 Å². The molecule has 0 aliphatic rings. The van der Waals surface area contributed by atoms with Crippen molar-refractivity contribution in [2.45, 2.75) is 23.5 Å².